The van der Waals surface area contributed by atoms with Crippen LogP contribution in [0, 0.1) is 5.41 Å². The van der Waals surface area contributed by atoms with E-state index in [1.807, 2.05) is 17.0 Å². The summed E-state index contributed by atoms with van der Waals surface area (Å²) in [5.41, 5.74) is 10.0. The lowest BCUT2D eigenvalue weighted by Gasteiger charge is -2.34. The zero-order chi connectivity index (χ0) is 12.5. The first kappa shape index (κ1) is 11.1. The Kier molecular flexibility index (Phi) is 2.70. The van der Waals surface area contributed by atoms with Crippen molar-refractivity contribution in [1.29, 1.82) is 5.41 Å². The van der Waals surface area contributed by atoms with Crippen molar-refractivity contribution in [3.63, 3.8) is 0 Å². The summed E-state index contributed by atoms with van der Waals surface area (Å²) in [6.07, 6.45) is 0.985. The van der Waals surface area contributed by atoms with Gasteiger partial charge >= 0.3 is 0 Å². The lowest BCUT2D eigenvalue weighted by atomic mass is 10.1. The van der Waals surface area contributed by atoms with Gasteiger partial charge in [0.15, 0.2) is 5.17 Å². The Bertz CT molecular complexity index is 602. The number of nitrogens with zero attached hydrogens (tertiary/aromatic N) is 5. The Labute approximate surface area is 108 Å². The first-order valence-corrected chi connectivity index (χ1v) is 6.39. The molecule has 18 heavy (non-hydrogen) atoms. The van der Waals surface area contributed by atoms with Crippen LogP contribution in [0.15, 0.2) is 33.2 Å². The van der Waals surface area contributed by atoms with Crippen molar-refractivity contribution in [1.82, 2.24) is 4.90 Å². The Morgan fingerprint density at radius 1 is 1.50 bits per heavy atom. The van der Waals surface area contributed by atoms with Gasteiger partial charge in [0.25, 0.3) is 0 Å². The number of amidine groups is 2. The standard InChI is InChI=1S/C11H10N6S/c12-11-17-5-1-4-14-10(17)8-3-2-7(15-16-13)6-9(8)18-11/h2-3,6,12H,1,4-5H2. The van der Waals surface area contributed by atoms with E-state index in [1.54, 1.807) is 6.07 Å². The highest BCUT2D eigenvalue weighted by molar-refractivity contribution is 8.14. The van der Waals surface area contributed by atoms with Crippen molar-refractivity contribution in [3.8, 4) is 0 Å². The lowest BCUT2D eigenvalue weighted by molar-refractivity contribution is 0.552. The molecule has 0 aliphatic carbocycles. The predicted molar refractivity (Wildman–Crippen MR) is 71.6 cm³/mol. The molecule has 0 atom stereocenters. The smallest absolute Gasteiger partial charge is 0.166 e. The monoisotopic (exact) mass is 258 g/mol. The number of thioether (sulfide) groups is 1. The van der Waals surface area contributed by atoms with E-state index in [-0.39, 0.29) is 0 Å². The molecule has 0 saturated heterocycles. The van der Waals surface area contributed by atoms with Crippen LogP contribution < -0.4 is 0 Å². The minimum absolute atomic E-state index is 0.485. The fourth-order valence-electron chi connectivity index (χ4n) is 2.09. The average molecular weight is 258 g/mol. The Hall–Kier alpha value is -1.98. The summed E-state index contributed by atoms with van der Waals surface area (Å²) in [6.45, 7) is 1.66. The molecule has 0 aromatic heterocycles. The van der Waals surface area contributed by atoms with E-state index in [2.05, 4.69) is 15.0 Å². The molecule has 0 amide bonds. The molecule has 0 bridgehead atoms. The van der Waals surface area contributed by atoms with Crippen LogP contribution in [0.2, 0.25) is 0 Å². The van der Waals surface area contributed by atoms with Crippen LogP contribution in [0.5, 0.6) is 0 Å². The van der Waals surface area contributed by atoms with Gasteiger partial charge in [0, 0.05) is 34.1 Å². The molecule has 0 radical (unpaired) electrons. The van der Waals surface area contributed by atoms with Crippen molar-refractivity contribution in [2.45, 2.75) is 11.3 Å². The number of benzene rings is 1. The van der Waals surface area contributed by atoms with Crippen LogP contribution in [0.4, 0.5) is 5.69 Å². The molecule has 0 fully saturated rings. The van der Waals surface area contributed by atoms with Gasteiger partial charge in [0.05, 0.1) is 0 Å². The maximum absolute atomic E-state index is 8.44. The predicted octanol–water partition coefficient (Wildman–Crippen LogP) is 3.12. The third kappa shape index (κ3) is 1.73. The zero-order valence-electron chi connectivity index (χ0n) is 9.50. The van der Waals surface area contributed by atoms with Gasteiger partial charge in [-0.1, -0.05) is 22.9 Å². The summed E-state index contributed by atoms with van der Waals surface area (Å²) in [7, 11) is 0. The molecule has 0 saturated carbocycles. The van der Waals surface area contributed by atoms with Gasteiger partial charge < -0.3 is 4.90 Å². The van der Waals surface area contributed by atoms with Gasteiger partial charge in [-0.05, 0) is 24.1 Å². The largest absolute Gasteiger partial charge is 0.305 e. The number of fused-ring (bicyclic) bond motifs is 3. The molecule has 3 rings (SSSR count). The highest BCUT2D eigenvalue weighted by Crippen LogP contribution is 2.35. The van der Waals surface area contributed by atoms with Crippen LogP contribution in [0.25, 0.3) is 10.4 Å². The van der Waals surface area contributed by atoms with Crippen molar-refractivity contribution < 1.29 is 0 Å². The van der Waals surface area contributed by atoms with Crippen LogP contribution in [-0.4, -0.2) is 29.0 Å². The minimum Gasteiger partial charge on any atom is -0.305 e. The van der Waals surface area contributed by atoms with E-state index in [0.717, 1.165) is 35.8 Å². The van der Waals surface area contributed by atoms with Crippen molar-refractivity contribution >= 4 is 28.5 Å². The van der Waals surface area contributed by atoms with Gasteiger partial charge in [-0.3, -0.25) is 10.4 Å². The van der Waals surface area contributed by atoms with Crippen LogP contribution in [0.3, 0.4) is 0 Å². The summed E-state index contributed by atoms with van der Waals surface area (Å²) >= 11 is 1.38. The molecule has 7 heteroatoms. The van der Waals surface area contributed by atoms with E-state index in [9.17, 15) is 0 Å². The number of aliphatic imine (C=N–C) groups is 1. The van der Waals surface area contributed by atoms with Gasteiger partial charge in [-0.2, -0.15) is 0 Å². The van der Waals surface area contributed by atoms with Crippen LogP contribution in [0.1, 0.15) is 12.0 Å². The van der Waals surface area contributed by atoms with E-state index >= 15 is 0 Å². The highest BCUT2D eigenvalue weighted by atomic mass is 32.2. The molecule has 6 nitrogen and oxygen atoms in total. The molecular formula is C11H10N6S. The van der Waals surface area contributed by atoms with Crippen molar-refractivity contribution in [2.24, 2.45) is 10.1 Å². The second-order valence-corrected chi connectivity index (χ2v) is 5.02. The molecule has 90 valence electrons. The van der Waals surface area contributed by atoms with Gasteiger partial charge in [-0.15, -0.1) is 0 Å². The fourth-order valence-corrected chi connectivity index (χ4v) is 3.03. The Morgan fingerprint density at radius 3 is 3.22 bits per heavy atom. The summed E-state index contributed by atoms with van der Waals surface area (Å²) in [5, 5.41) is 12.1. The van der Waals surface area contributed by atoms with Crippen molar-refractivity contribution in [2.75, 3.05) is 13.1 Å². The molecule has 0 spiro atoms. The van der Waals surface area contributed by atoms with Crippen LogP contribution >= 0.6 is 11.8 Å². The minimum atomic E-state index is 0.485. The van der Waals surface area contributed by atoms with Crippen molar-refractivity contribution in [3.05, 3.63) is 34.2 Å². The SMILES string of the molecule is [N-]=[N+]=Nc1ccc2c(c1)SC(=N)N1CCCN=C21. The summed E-state index contributed by atoms with van der Waals surface area (Å²) < 4.78 is 0. The second kappa shape index (κ2) is 4.36. The first-order chi connectivity index (χ1) is 8.79. The summed E-state index contributed by atoms with van der Waals surface area (Å²) in [6, 6.07) is 5.50. The quantitative estimate of drug-likeness (QED) is 0.476. The van der Waals surface area contributed by atoms with Crippen LogP contribution in [-0.2, 0) is 0 Å². The van der Waals surface area contributed by atoms with E-state index in [4.69, 9.17) is 10.9 Å². The third-order valence-corrected chi connectivity index (χ3v) is 3.85. The maximum Gasteiger partial charge on any atom is 0.166 e. The molecule has 2 heterocycles. The Balaban J connectivity index is 2.12. The number of azide groups is 1. The highest BCUT2D eigenvalue weighted by Gasteiger charge is 2.28. The summed E-state index contributed by atoms with van der Waals surface area (Å²) in [5.74, 6) is 0.868. The number of rotatable bonds is 1. The van der Waals surface area contributed by atoms with Gasteiger partial charge in [0.1, 0.15) is 5.84 Å². The molecular weight excluding hydrogens is 248 g/mol. The number of nitrogens with one attached hydrogen (secondary N) is 1. The molecule has 1 N–H and O–H groups in total. The average Bonchev–Trinajstić information content (AvgIpc) is 2.39. The summed E-state index contributed by atoms with van der Waals surface area (Å²) in [4.78, 5) is 10.1. The lowest BCUT2D eigenvalue weighted by Crippen LogP contribution is -2.41. The second-order valence-electron chi connectivity index (χ2n) is 3.99. The molecule has 2 aliphatic rings. The molecule has 2 aliphatic heterocycles. The first-order valence-electron chi connectivity index (χ1n) is 5.57. The fraction of sp³-hybridized carbons (Fsp3) is 0.273. The maximum atomic E-state index is 8.44. The third-order valence-electron chi connectivity index (χ3n) is 2.88. The number of hydrogen-bond acceptors (Lipinski definition) is 4. The van der Waals surface area contributed by atoms with E-state index in [0.29, 0.717) is 10.9 Å². The number of hydrogen-bond donors (Lipinski definition) is 1. The zero-order valence-corrected chi connectivity index (χ0v) is 10.3. The van der Waals surface area contributed by atoms with E-state index in [1.165, 1.54) is 11.8 Å². The molecule has 1 aromatic rings. The molecule has 1 aromatic carbocycles. The van der Waals surface area contributed by atoms with E-state index < -0.39 is 0 Å². The van der Waals surface area contributed by atoms with Gasteiger partial charge in [0.2, 0.25) is 0 Å². The normalized spacial score (nSPS) is 17.4. The Morgan fingerprint density at radius 2 is 2.39 bits per heavy atom. The molecule has 0 unspecified atom stereocenters. The topological polar surface area (TPSA) is 88.2 Å². The van der Waals surface area contributed by atoms with Gasteiger partial charge in [-0.25, -0.2) is 0 Å².